The third-order valence-electron chi connectivity index (χ3n) is 3.54. The van der Waals surface area contributed by atoms with Crippen molar-refractivity contribution >= 4 is 5.69 Å². The minimum absolute atomic E-state index is 0.0545. The molecule has 2 aromatic rings. The number of aryl methyl sites for hydroxylation is 1. The van der Waals surface area contributed by atoms with Gasteiger partial charge in [-0.2, -0.15) is 5.10 Å². The van der Waals surface area contributed by atoms with E-state index in [4.69, 9.17) is 9.84 Å². The Morgan fingerprint density at radius 1 is 1.36 bits per heavy atom. The van der Waals surface area contributed by atoms with E-state index in [1.54, 1.807) is 16.8 Å². The number of anilines is 1. The molecule has 120 valence electrons. The van der Waals surface area contributed by atoms with Crippen LogP contribution in [0.15, 0.2) is 18.2 Å². The Balaban J connectivity index is 2.08. The first-order valence-electron chi connectivity index (χ1n) is 7.36. The fourth-order valence-corrected chi connectivity index (χ4v) is 2.38. The number of halogens is 1. The van der Waals surface area contributed by atoms with E-state index >= 15 is 0 Å². The minimum atomic E-state index is -0.378. The van der Waals surface area contributed by atoms with Gasteiger partial charge < -0.3 is 15.2 Å². The number of ether oxygens (including phenoxy) is 1. The summed E-state index contributed by atoms with van der Waals surface area (Å²) in [4.78, 5) is 0. The third kappa shape index (κ3) is 3.57. The van der Waals surface area contributed by atoms with Gasteiger partial charge in [-0.05, 0) is 32.9 Å². The number of aromatic nitrogens is 2. The number of nitrogens with zero attached hydrogens (tertiary/aromatic N) is 2. The third-order valence-corrected chi connectivity index (χ3v) is 3.54. The molecular formula is C16H22FN3O2. The van der Waals surface area contributed by atoms with Crippen LogP contribution in [0.25, 0.3) is 0 Å². The lowest BCUT2D eigenvalue weighted by atomic mass is 10.2. The first kappa shape index (κ1) is 16.3. The van der Waals surface area contributed by atoms with E-state index < -0.39 is 0 Å². The van der Waals surface area contributed by atoms with Crippen LogP contribution in [0, 0.1) is 19.7 Å². The van der Waals surface area contributed by atoms with Crippen LogP contribution in [-0.2, 0) is 13.1 Å². The zero-order chi connectivity index (χ0) is 16.1. The number of hydrogen-bond donors (Lipinski definition) is 2. The lowest BCUT2D eigenvalue weighted by Crippen LogP contribution is -2.07. The predicted molar refractivity (Wildman–Crippen MR) is 83.7 cm³/mol. The molecular weight excluding hydrogens is 285 g/mol. The molecule has 0 fully saturated rings. The smallest absolute Gasteiger partial charge is 0.167 e. The van der Waals surface area contributed by atoms with Gasteiger partial charge in [0.15, 0.2) is 11.6 Å². The largest absolute Gasteiger partial charge is 0.491 e. The number of aliphatic hydroxyl groups excluding tert-OH is 1. The second-order valence-electron chi connectivity index (χ2n) is 5.03. The van der Waals surface area contributed by atoms with Gasteiger partial charge in [0, 0.05) is 29.6 Å². The van der Waals surface area contributed by atoms with Gasteiger partial charge in [0.05, 0.1) is 25.5 Å². The molecule has 0 aliphatic rings. The highest BCUT2D eigenvalue weighted by molar-refractivity contribution is 5.48. The van der Waals surface area contributed by atoms with Crippen molar-refractivity contribution < 1.29 is 14.2 Å². The molecule has 2 rings (SSSR count). The van der Waals surface area contributed by atoms with Gasteiger partial charge in [-0.3, -0.25) is 4.68 Å². The molecule has 0 bridgehead atoms. The Morgan fingerprint density at radius 2 is 2.14 bits per heavy atom. The Hall–Kier alpha value is -2.08. The number of benzene rings is 1. The zero-order valence-corrected chi connectivity index (χ0v) is 13.2. The molecule has 0 amide bonds. The quantitative estimate of drug-likeness (QED) is 0.825. The van der Waals surface area contributed by atoms with Crippen molar-refractivity contribution in [2.75, 3.05) is 18.5 Å². The Morgan fingerprint density at radius 3 is 2.77 bits per heavy atom. The number of rotatable bonds is 7. The lowest BCUT2D eigenvalue weighted by molar-refractivity contribution is 0.268. The molecule has 1 heterocycles. The van der Waals surface area contributed by atoms with Gasteiger partial charge in [-0.1, -0.05) is 0 Å². The summed E-state index contributed by atoms with van der Waals surface area (Å²) in [6.07, 6.45) is 0. The first-order chi connectivity index (χ1) is 10.6. The summed E-state index contributed by atoms with van der Waals surface area (Å²) < 4.78 is 20.8. The van der Waals surface area contributed by atoms with Crippen LogP contribution in [0.4, 0.5) is 10.1 Å². The molecule has 0 atom stereocenters. The minimum Gasteiger partial charge on any atom is -0.491 e. The molecule has 2 N–H and O–H groups in total. The topological polar surface area (TPSA) is 59.3 Å². The number of nitrogens with one attached hydrogen (secondary N) is 1. The fourth-order valence-electron chi connectivity index (χ4n) is 2.38. The van der Waals surface area contributed by atoms with E-state index in [1.807, 2.05) is 20.8 Å². The van der Waals surface area contributed by atoms with Crippen molar-refractivity contribution in [2.45, 2.75) is 33.9 Å². The van der Waals surface area contributed by atoms with Crippen LogP contribution < -0.4 is 10.1 Å². The average Bonchev–Trinajstić information content (AvgIpc) is 2.75. The molecule has 0 saturated heterocycles. The van der Waals surface area contributed by atoms with Crippen LogP contribution in [0.2, 0.25) is 0 Å². The molecule has 0 aliphatic heterocycles. The van der Waals surface area contributed by atoms with Crippen LogP contribution in [0.3, 0.4) is 0 Å². The maximum Gasteiger partial charge on any atom is 0.167 e. The molecule has 22 heavy (non-hydrogen) atoms. The highest BCUT2D eigenvalue weighted by Gasteiger charge is 2.11. The van der Waals surface area contributed by atoms with Crippen LogP contribution in [0.5, 0.6) is 5.75 Å². The number of hydrogen-bond acceptors (Lipinski definition) is 4. The van der Waals surface area contributed by atoms with Crippen molar-refractivity contribution in [1.82, 2.24) is 9.78 Å². The average molecular weight is 307 g/mol. The fraction of sp³-hybridized carbons (Fsp3) is 0.438. The van der Waals surface area contributed by atoms with E-state index in [0.717, 1.165) is 17.0 Å². The van der Waals surface area contributed by atoms with Crippen LogP contribution in [-0.4, -0.2) is 28.1 Å². The maximum atomic E-state index is 13.8. The Kier molecular flexibility index (Phi) is 5.38. The van der Waals surface area contributed by atoms with Crippen molar-refractivity contribution in [3.63, 3.8) is 0 Å². The SMILES string of the molecule is CCOc1ccc(NCc2c(C)nn(CCO)c2C)cc1F. The molecule has 0 aliphatic carbocycles. The molecule has 1 aromatic carbocycles. The van der Waals surface area contributed by atoms with Crippen molar-refractivity contribution in [1.29, 1.82) is 0 Å². The first-order valence-corrected chi connectivity index (χ1v) is 7.36. The van der Waals surface area contributed by atoms with E-state index in [-0.39, 0.29) is 18.2 Å². The molecule has 6 heteroatoms. The van der Waals surface area contributed by atoms with Gasteiger partial charge in [0.25, 0.3) is 0 Å². The highest BCUT2D eigenvalue weighted by atomic mass is 19.1. The molecule has 1 aromatic heterocycles. The monoisotopic (exact) mass is 307 g/mol. The lowest BCUT2D eigenvalue weighted by Gasteiger charge is -2.10. The summed E-state index contributed by atoms with van der Waals surface area (Å²) in [5.74, 6) is -0.118. The van der Waals surface area contributed by atoms with Crippen molar-refractivity contribution in [3.05, 3.63) is 41.0 Å². The molecule has 0 unspecified atom stereocenters. The number of aliphatic hydroxyl groups is 1. The summed E-state index contributed by atoms with van der Waals surface area (Å²) >= 11 is 0. The zero-order valence-electron chi connectivity index (χ0n) is 13.2. The van der Waals surface area contributed by atoms with E-state index in [9.17, 15) is 4.39 Å². The normalized spacial score (nSPS) is 10.8. The second kappa shape index (κ2) is 7.26. The van der Waals surface area contributed by atoms with E-state index in [0.29, 0.717) is 25.4 Å². The second-order valence-corrected chi connectivity index (χ2v) is 5.03. The molecule has 0 radical (unpaired) electrons. The molecule has 0 spiro atoms. The van der Waals surface area contributed by atoms with Crippen molar-refractivity contribution in [3.8, 4) is 5.75 Å². The predicted octanol–water partition coefficient (Wildman–Crippen LogP) is 2.64. The highest BCUT2D eigenvalue weighted by Crippen LogP contribution is 2.22. The summed E-state index contributed by atoms with van der Waals surface area (Å²) in [7, 11) is 0. The standard InChI is InChI=1S/C16H22FN3O2/c1-4-22-16-6-5-13(9-15(16)17)18-10-14-11(2)19-20(7-8-21)12(14)3/h5-6,9,18,21H,4,7-8,10H2,1-3H3. The van der Waals surface area contributed by atoms with Crippen LogP contribution in [0.1, 0.15) is 23.9 Å². The van der Waals surface area contributed by atoms with Gasteiger partial charge in [-0.15, -0.1) is 0 Å². The maximum absolute atomic E-state index is 13.8. The summed E-state index contributed by atoms with van der Waals surface area (Å²) in [6.45, 7) is 7.23. The Labute approximate surface area is 129 Å². The van der Waals surface area contributed by atoms with Gasteiger partial charge in [0.1, 0.15) is 0 Å². The van der Waals surface area contributed by atoms with E-state index in [2.05, 4.69) is 10.4 Å². The van der Waals surface area contributed by atoms with Gasteiger partial charge >= 0.3 is 0 Å². The molecule has 0 saturated carbocycles. The van der Waals surface area contributed by atoms with Crippen LogP contribution >= 0.6 is 0 Å². The van der Waals surface area contributed by atoms with Gasteiger partial charge in [-0.25, -0.2) is 4.39 Å². The molecule has 5 nitrogen and oxygen atoms in total. The summed E-state index contributed by atoms with van der Waals surface area (Å²) in [6, 6.07) is 4.83. The Bertz CT molecular complexity index is 641. The summed E-state index contributed by atoms with van der Waals surface area (Å²) in [5, 5.41) is 16.6. The van der Waals surface area contributed by atoms with E-state index in [1.165, 1.54) is 6.07 Å². The van der Waals surface area contributed by atoms with Crippen molar-refractivity contribution in [2.24, 2.45) is 0 Å². The summed E-state index contributed by atoms with van der Waals surface area (Å²) in [5.41, 5.74) is 3.66. The van der Waals surface area contributed by atoms with Gasteiger partial charge in [0.2, 0.25) is 0 Å².